The van der Waals surface area contributed by atoms with Crippen molar-refractivity contribution < 1.29 is 13.9 Å². The number of para-hydroxylation sites is 1. The van der Waals surface area contributed by atoms with Gasteiger partial charge in [-0.2, -0.15) is 0 Å². The molecule has 2 rings (SSSR count). The van der Waals surface area contributed by atoms with E-state index >= 15 is 0 Å². The third-order valence-corrected chi connectivity index (χ3v) is 3.35. The Hall–Kier alpha value is -2.19. The van der Waals surface area contributed by atoms with Gasteiger partial charge >= 0.3 is 0 Å². The van der Waals surface area contributed by atoms with Gasteiger partial charge in [-0.15, -0.1) is 0 Å². The summed E-state index contributed by atoms with van der Waals surface area (Å²) >= 11 is 8.26. The Morgan fingerprint density at radius 3 is 2.52 bits per heavy atom. The normalized spacial score (nSPS) is 9.83. The number of rotatable bonds is 4. The van der Waals surface area contributed by atoms with E-state index in [1.54, 1.807) is 36.4 Å². The molecule has 0 bridgehead atoms. The first-order valence-corrected chi connectivity index (χ1v) is 7.73. The highest BCUT2D eigenvalue weighted by atomic mass is 79.9. The zero-order valence-corrected chi connectivity index (χ0v) is 14.2. The average Bonchev–Trinajstić information content (AvgIpc) is 2.54. The summed E-state index contributed by atoms with van der Waals surface area (Å²) in [6.07, 6.45) is 0. The first-order valence-electron chi connectivity index (χ1n) is 6.53. The quantitative estimate of drug-likeness (QED) is 0.546. The van der Waals surface area contributed by atoms with Crippen LogP contribution < -0.4 is 20.9 Å². The largest absolute Gasteiger partial charge is 0.484 e. The Morgan fingerprint density at radius 2 is 1.83 bits per heavy atom. The number of ether oxygens (including phenoxy) is 1. The van der Waals surface area contributed by atoms with Gasteiger partial charge in [0.15, 0.2) is 11.7 Å². The Bertz CT molecular complexity index is 697. The van der Waals surface area contributed by atoms with Crippen LogP contribution in [0.3, 0.4) is 0 Å². The number of halogens is 2. The molecule has 0 unspecified atom stereocenters. The van der Waals surface area contributed by atoms with Gasteiger partial charge in [0.2, 0.25) is 0 Å². The van der Waals surface area contributed by atoms with Crippen LogP contribution in [0.5, 0.6) is 5.75 Å². The zero-order valence-electron chi connectivity index (χ0n) is 11.8. The molecule has 0 saturated heterocycles. The highest BCUT2D eigenvalue weighted by Crippen LogP contribution is 2.15. The predicted octanol–water partition coefficient (Wildman–Crippen LogP) is 2.98. The molecule has 0 saturated carbocycles. The standard InChI is InChI=1S/C15H13BrFN3O2S/c16-10-5-7-11(8-6-10)22-9-14(21)19-20-15(23)18-13-4-2-1-3-12(13)17/h1-8H,9H2,(H,19,21)(H2,18,20,23). The van der Waals surface area contributed by atoms with E-state index in [2.05, 4.69) is 32.1 Å². The van der Waals surface area contributed by atoms with Gasteiger partial charge in [-0.3, -0.25) is 15.6 Å². The Morgan fingerprint density at radius 1 is 1.13 bits per heavy atom. The van der Waals surface area contributed by atoms with Crippen molar-refractivity contribution in [2.24, 2.45) is 0 Å². The van der Waals surface area contributed by atoms with Crippen LogP contribution in [-0.4, -0.2) is 17.6 Å². The number of anilines is 1. The third-order valence-electron chi connectivity index (χ3n) is 2.62. The topological polar surface area (TPSA) is 62.4 Å². The Balaban J connectivity index is 1.72. The molecule has 0 aliphatic carbocycles. The number of benzene rings is 2. The molecule has 0 heterocycles. The van der Waals surface area contributed by atoms with Crippen molar-refractivity contribution in [1.29, 1.82) is 0 Å². The van der Waals surface area contributed by atoms with E-state index in [0.29, 0.717) is 5.75 Å². The number of hydrazine groups is 1. The first-order chi connectivity index (χ1) is 11.0. The summed E-state index contributed by atoms with van der Waals surface area (Å²) in [6, 6.07) is 13.1. The molecular formula is C15H13BrFN3O2S. The fourth-order valence-electron chi connectivity index (χ4n) is 1.56. The molecule has 0 atom stereocenters. The van der Waals surface area contributed by atoms with Gasteiger partial charge in [-0.1, -0.05) is 28.1 Å². The summed E-state index contributed by atoms with van der Waals surface area (Å²) in [6.45, 7) is -0.184. The van der Waals surface area contributed by atoms with Crippen LogP contribution in [0.4, 0.5) is 10.1 Å². The number of carbonyl (C=O) groups excluding carboxylic acids is 1. The number of carbonyl (C=O) groups is 1. The maximum absolute atomic E-state index is 13.4. The molecule has 5 nitrogen and oxygen atoms in total. The maximum atomic E-state index is 13.4. The van der Waals surface area contributed by atoms with Crippen LogP contribution in [0, 0.1) is 5.82 Å². The van der Waals surface area contributed by atoms with Gasteiger partial charge in [0, 0.05) is 4.47 Å². The van der Waals surface area contributed by atoms with Gasteiger partial charge in [-0.25, -0.2) is 4.39 Å². The molecule has 120 valence electrons. The van der Waals surface area contributed by atoms with Crippen molar-refractivity contribution >= 4 is 44.9 Å². The van der Waals surface area contributed by atoms with Crippen LogP contribution in [0.15, 0.2) is 53.0 Å². The summed E-state index contributed by atoms with van der Waals surface area (Å²) in [5.74, 6) is -0.303. The maximum Gasteiger partial charge on any atom is 0.276 e. The van der Waals surface area contributed by atoms with E-state index in [1.807, 2.05) is 0 Å². The predicted molar refractivity (Wildman–Crippen MR) is 93.5 cm³/mol. The highest BCUT2D eigenvalue weighted by Gasteiger charge is 2.05. The van der Waals surface area contributed by atoms with Crippen molar-refractivity contribution in [1.82, 2.24) is 10.9 Å². The van der Waals surface area contributed by atoms with E-state index in [9.17, 15) is 9.18 Å². The van der Waals surface area contributed by atoms with Crippen molar-refractivity contribution in [3.8, 4) is 5.75 Å². The van der Waals surface area contributed by atoms with Gasteiger partial charge < -0.3 is 10.1 Å². The molecule has 23 heavy (non-hydrogen) atoms. The Kier molecular flexibility index (Phi) is 6.30. The SMILES string of the molecule is O=C(COc1ccc(Br)cc1)NNC(=S)Nc1ccccc1F. The fourth-order valence-corrected chi connectivity index (χ4v) is 1.98. The second-order valence-corrected chi connectivity index (χ2v) is 5.67. The molecule has 0 spiro atoms. The van der Waals surface area contributed by atoms with E-state index in [1.165, 1.54) is 12.1 Å². The summed E-state index contributed by atoms with van der Waals surface area (Å²) < 4.78 is 19.6. The van der Waals surface area contributed by atoms with E-state index < -0.39 is 11.7 Å². The summed E-state index contributed by atoms with van der Waals surface area (Å²) in [5.41, 5.74) is 5.04. The second-order valence-electron chi connectivity index (χ2n) is 4.35. The highest BCUT2D eigenvalue weighted by molar-refractivity contribution is 9.10. The number of amides is 1. The molecule has 0 radical (unpaired) electrons. The molecule has 1 amide bonds. The average molecular weight is 398 g/mol. The Labute approximate surface area is 146 Å². The van der Waals surface area contributed by atoms with Crippen molar-refractivity contribution in [3.63, 3.8) is 0 Å². The number of nitrogens with one attached hydrogen (secondary N) is 3. The van der Waals surface area contributed by atoms with Crippen LogP contribution in [0.1, 0.15) is 0 Å². The van der Waals surface area contributed by atoms with Crippen molar-refractivity contribution in [2.75, 3.05) is 11.9 Å². The number of hydrogen-bond acceptors (Lipinski definition) is 3. The first kappa shape index (κ1) is 17.2. The zero-order chi connectivity index (χ0) is 16.7. The third kappa shape index (κ3) is 5.84. The van der Waals surface area contributed by atoms with Crippen LogP contribution in [0.25, 0.3) is 0 Å². The molecule has 2 aromatic carbocycles. The van der Waals surface area contributed by atoms with Gasteiger partial charge in [-0.05, 0) is 48.6 Å². The van der Waals surface area contributed by atoms with E-state index in [4.69, 9.17) is 17.0 Å². The fraction of sp³-hybridized carbons (Fsp3) is 0.0667. The van der Waals surface area contributed by atoms with Gasteiger partial charge in [0.05, 0.1) is 5.69 Å². The lowest BCUT2D eigenvalue weighted by Gasteiger charge is -2.12. The van der Waals surface area contributed by atoms with E-state index in [0.717, 1.165) is 4.47 Å². The lowest BCUT2D eigenvalue weighted by atomic mass is 10.3. The smallest absolute Gasteiger partial charge is 0.276 e. The molecule has 0 aliphatic rings. The summed E-state index contributed by atoms with van der Waals surface area (Å²) in [7, 11) is 0. The minimum Gasteiger partial charge on any atom is -0.484 e. The van der Waals surface area contributed by atoms with Crippen LogP contribution >= 0.6 is 28.1 Å². The lowest BCUT2D eigenvalue weighted by molar-refractivity contribution is -0.123. The minimum absolute atomic E-state index is 0.0621. The molecular weight excluding hydrogens is 385 g/mol. The second kappa shape index (κ2) is 8.44. The summed E-state index contributed by atoms with van der Waals surface area (Å²) in [4.78, 5) is 11.6. The number of hydrogen-bond donors (Lipinski definition) is 3. The number of thiocarbonyl (C=S) groups is 1. The summed E-state index contributed by atoms with van der Waals surface area (Å²) in [5, 5.41) is 2.69. The van der Waals surface area contributed by atoms with E-state index in [-0.39, 0.29) is 17.4 Å². The molecule has 3 N–H and O–H groups in total. The molecule has 0 aromatic heterocycles. The lowest BCUT2D eigenvalue weighted by Crippen LogP contribution is -2.45. The monoisotopic (exact) mass is 397 g/mol. The minimum atomic E-state index is -0.443. The van der Waals surface area contributed by atoms with Crippen LogP contribution in [0.2, 0.25) is 0 Å². The molecule has 8 heteroatoms. The van der Waals surface area contributed by atoms with Crippen molar-refractivity contribution in [3.05, 3.63) is 58.8 Å². The molecule has 0 aliphatic heterocycles. The molecule has 2 aromatic rings. The van der Waals surface area contributed by atoms with Crippen LogP contribution in [-0.2, 0) is 4.79 Å². The van der Waals surface area contributed by atoms with Gasteiger partial charge in [0.1, 0.15) is 11.6 Å². The van der Waals surface area contributed by atoms with Gasteiger partial charge in [0.25, 0.3) is 5.91 Å². The van der Waals surface area contributed by atoms with Crippen molar-refractivity contribution in [2.45, 2.75) is 0 Å². The molecule has 0 fully saturated rings.